The van der Waals surface area contributed by atoms with Crippen LogP contribution in [0.25, 0.3) is 0 Å². The molecule has 0 atom stereocenters. The van der Waals surface area contributed by atoms with Crippen LogP contribution in [-0.4, -0.2) is 45.2 Å². The van der Waals surface area contributed by atoms with Gasteiger partial charge in [-0.15, -0.1) is 0 Å². The fourth-order valence-electron chi connectivity index (χ4n) is 2.84. The zero-order valence-electron chi connectivity index (χ0n) is 17.0. The summed E-state index contributed by atoms with van der Waals surface area (Å²) in [7, 11) is 4.76. The highest BCUT2D eigenvalue weighted by Gasteiger charge is 2.14. The Labute approximate surface area is 171 Å². The van der Waals surface area contributed by atoms with Gasteiger partial charge >= 0.3 is 0 Å². The van der Waals surface area contributed by atoms with E-state index in [2.05, 4.69) is 5.32 Å². The number of nitrogens with zero attached hydrogens (tertiary/aromatic N) is 1. The zero-order chi connectivity index (χ0) is 20.7. The number of rotatable bonds is 9. The van der Waals surface area contributed by atoms with Crippen LogP contribution in [0, 0.1) is 6.92 Å². The van der Waals surface area contributed by atoms with Crippen LogP contribution < -0.4 is 19.5 Å². The maximum Gasteiger partial charge on any atom is 0.238 e. The summed E-state index contributed by atoms with van der Waals surface area (Å²) < 4.78 is 15.9. The highest BCUT2D eigenvalue weighted by Crippen LogP contribution is 2.31. The number of aryl methyl sites for hydroxylation is 1. The predicted molar refractivity (Wildman–Crippen MR) is 112 cm³/mol. The van der Waals surface area contributed by atoms with Crippen molar-refractivity contribution in [2.75, 3.05) is 39.7 Å². The molecule has 1 amide bonds. The molecule has 0 bridgehead atoms. The highest BCUT2D eigenvalue weighted by atomic mass is 35.5. The topological polar surface area (TPSA) is 60.0 Å². The van der Waals surface area contributed by atoms with E-state index in [9.17, 15) is 4.79 Å². The van der Waals surface area contributed by atoms with Gasteiger partial charge in [0.05, 0.1) is 33.6 Å². The summed E-state index contributed by atoms with van der Waals surface area (Å²) in [4.78, 5) is 14.6. The first-order chi connectivity index (χ1) is 13.4. The molecule has 28 heavy (non-hydrogen) atoms. The Hall–Kier alpha value is -2.44. The first-order valence-electron chi connectivity index (χ1n) is 8.99. The monoisotopic (exact) mass is 406 g/mol. The molecule has 1 N–H and O–H groups in total. The van der Waals surface area contributed by atoms with Crippen LogP contribution in [0.5, 0.6) is 17.2 Å². The van der Waals surface area contributed by atoms with Crippen LogP contribution in [0.1, 0.15) is 18.1 Å². The van der Waals surface area contributed by atoms with Gasteiger partial charge in [-0.1, -0.05) is 24.6 Å². The molecule has 152 valence electrons. The molecule has 0 fully saturated rings. The van der Waals surface area contributed by atoms with Gasteiger partial charge in [-0.2, -0.15) is 0 Å². The maximum absolute atomic E-state index is 12.6. The molecular formula is C21H27ClN2O4. The highest BCUT2D eigenvalue weighted by molar-refractivity contribution is 6.31. The van der Waals surface area contributed by atoms with Gasteiger partial charge in [-0.05, 0) is 42.8 Å². The van der Waals surface area contributed by atoms with Crippen molar-refractivity contribution >= 4 is 23.2 Å². The summed E-state index contributed by atoms with van der Waals surface area (Å²) >= 11 is 6.12. The summed E-state index contributed by atoms with van der Waals surface area (Å²) in [5.41, 5.74) is 2.51. The lowest BCUT2D eigenvalue weighted by Crippen LogP contribution is -2.32. The molecule has 0 aliphatic rings. The number of hydrogen-bond acceptors (Lipinski definition) is 5. The molecule has 0 heterocycles. The second-order valence-electron chi connectivity index (χ2n) is 6.34. The van der Waals surface area contributed by atoms with Crippen LogP contribution in [-0.2, 0) is 11.3 Å². The van der Waals surface area contributed by atoms with Crippen molar-refractivity contribution in [2.24, 2.45) is 0 Å². The van der Waals surface area contributed by atoms with E-state index in [1.807, 2.05) is 43.0 Å². The van der Waals surface area contributed by atoms with Crippen LogP contribution in [0.2, 0.25) is 5.02 Å². The van der Waals surface area contributed by atoms with Crippen molar-refractivity contribution in [1.82, 2.24) is 4.90 Å². The van der Waals surface area contributed by atoms with Gasteiger partial charge in [0, 0.05) is 17.6 Å². The lowest BCUT2D eigenvalue weighted by atomic mass is 10.2. The third-order valence-electron chi connectivity index (χ3n) is 4.42. The molecular weight excluding hydrogens is 380 g/mol. The van der Waals surface area contributed by atoms with E-state index in [4.69, 9.17) is 25.8 Å². The van der Waals surface area contributed by atoms with Gasteiger partial charge in [0.1, 0.15) is 5.75 Å². The molecule has 0 unspecified atom stereocenters. The Balaban J connectivity index is 2.07. The molecule has 0 radical (unpaired) electrons. The average Bonchev–Trinajstić information content (AvgIpc) is 2.69. The first-order valence-corrected chi connectivity index (χ1v) is 9.36. The third-order valence-corrected chi connectivity index (χ3v) is 4.83. The van der Waals surface area contributed by atoms with Gasteiger partial charge in [-0.3, -0.25) is 9.69 Å². The van der Waals surface area contributed by atoms with E-state index in [0.717, 1.165) is 17.7 Å². The number of amides is 1. The zero-order valence-corrected chi connectivity index (χ0v) is 17.7. The van der Waals surface area contributed by atoms with Gasteiger partial charge in [0.15, 0.2) is 11.5 Å². The Morgan fingerprint density at radius 1 is 1.04 bits per heavy atom. The van der Waals surface area contributed by atoms with E-state index in [0.29, 0.717) is 34.5 Å². The van der Waals surface area contributed by atoms with Crippen molar-refractivity contribution in [3.05, 3.63) is 46.5 Å². The molecule has 0 aliphatic heterocycles. The van der Waals surface area contributed by atoms with Crippen LogP contribution >= 0.6 is 11.6 Å². The van der Waals surface area contributed by atoms with E-state index in [1.54, 1.807) is 27.4 Å². The normalized spacial score (nSPS) is 10.7. The first kappa shape index (κ1) is 21.9. The Morgan fingerprint density at radius 3 is 2.32 bits per heavy atom. The molecule has 0 spiro atoms. The molecule has 0 aromatic heterocycles. The summed E-state index contributed by atoms with van der Waals surface area (Å²) in [5, 5.41) is 3.51. The van der Waals surface area contributed by atoms with E-state index in [1.165, 1.54) is 0 Å². The molecule has 2 aromatic carbocycles. The number of halogens is 1. The minimum absolute atomic E-state index is 0.123. The lowest BCUT2D eigenvalue weighted by Gasteiger charge is -2.21. The van der Waals surface area contributed by atoms with Crippen molar-refractivity contribution < 1.29 is 19.0 Å². The number of benzene rings is 2. The van der Waals surface area contributed by atoms with Crippen molar-refractivity contribution in [1.29, 1.82) is 0 Å². The number of likely N-dealkylation sites (N-methyl/N-ethyl adjacent to an activating group) is 1. The van der Waals surface area contributed by atoms with Crippen molar-refractivity contribution in [2.45, 2.75) is 20.4 Å². The van der Waals surface area contributed by atoms with Crippen LogP contribution in [0.15, 0.2) is 30.3 Å². The fraction of sp³-hybridized carbons (Fsp3) is 0.381. The maximum atomic E-state index is 12.6. The molecule has 7 heteroatoms. The second-order valence-corrected chi connectivity index (χ2v) is 6.75. The van der Waals surface area contributed by atoms with Crippen molar-refractivity contribution in [3.63, 3.8) is 0 Å². The summed E-state index contributed by atoms with van der Waals surface area (Å²) in [6.07, 6.45) is 0. The molecule has 0 saturated heterocycles. The largest absolute Gasteiger partial charge is 0.495 e. The van der Waals surface area contributed by atoms with Crippen LogP contribution in [0.3, 0.4) is 0 Å². The molecule has 0 saturated carbocycles. The molecule has 0 aliphatic carbocycles. The van der Waals surface area contributed by atoms with E-state index >= 15 is 0 Å². The molecule has 6 nitrogen and oxygen atoms in total. The Bertz CT molecular complexity index is 826. The standard InChI is InChI=1S/C21H27ClN2O4/c1-6-24(12-15-7-8-18(26-3)20(10-15)28-5)13-21(25)23-17-9-14(2)16(22)11-19(17)27-4/h7-11H,6,12-13H2,1-5H3,(H,23,25). The number of methoxy groups -OCH3 is 3. The third kappa shape index (κ3) is 5.53. The van der Waals surface area contributed by atoms with Gasteiger partial charge in [0.25, 0.3) is 0 Å². The number of nitrogens with one attached hydrogen (secondary N) is 1. The van der Waals surface area contributed by atoms with Gasteiger partial charge in [0.2, 0.25) is 5.91 Å². The lowest BCUT2D eigenvalue weighted by molar-refractivity contribution is -0.117. The minimum Gasteiger partial charge on any atom is -0.495 e. The number of anilines is 1. The van der Waals surface area contributed by atoms with Gasteiger partial charge in [-0.25, -0.2) is 0 Å². The van der Waals surface area contributed by atoms with Crippen LogP contribution in [0.4, 0.5) is 5.69 Å². The Kier molecular flexibility index (Phi) is 7.96. The predicted octanol–water partition coefficient (Wildman–Crippen LogP) is 4.13. The molecule has 2 rings (SSSR count). The average molecular weight is 407 g/mol. The summed E-state index contributed by atoms with van der Waals surface area (Å²) in [6.45, 7) is 5.48. The van der Waals surface area contributed by atoms with Crippen molar-refractivity contribution in [3.8, 4) is 17.2 Å². The number of carbonyl (C=O) groups excluding carboxylic acids is 1. The smallest absolute Gasteiger partial charge is 0.238 e. The fourth-order valence-corrected chi connectivity index (χ4v) is 2.99. The minimum atomic E-state index is -0.123. The summed E-state index contributed by atoms with van der Waals surface area (Å²) in [5.74, 6) is 1.76. The van der Waals surface area contributed by atoms with E-state index < -0.39 is 0 Å². The number of ether oxygens (including phenoxy) is 3. The second kappa shape index (κ2) is 10.2. The number of carbonyl (C=O) groups is 1. The SMILES string of the molecule is CCN(CC(=O)Nc1cc(C)c(Cl)cc1OC)Cc1ccc(OC)c(OC)c1. The summed E-state index contributed by atoms with van der Waals surface area (Å²) in [6, 6.07) is 9.26. The van der Waals surface area contributed by atoms with E-state index in [-0.39, 0.29) is 12.5 Å². The quantitative estimate of drug-likeness (QED) is 0.678. The molecule has 2 aromatic rings. The number of hydrogen-bond donors (Lipinski definition) is 1. The van der Waals surface area contributed by atoms with Gasteiger partial charge < -0.3 is 19.5 Å². The Morgan fingerprint density at radius 2 is 1.71 bits per heavy atom.